The molecule has 5 aliphatic rings. The number of ether oxygens (including phenoxy) is 1. The maximum Gasteiger partial charge on any atom is 0.226 e. The summed E-state index contributed by atoms with van der Waals surface area (Å²) in [6, 6.07) is 15.9. The first-order valence-corrected chi connectivity index (χ1v) is 14.7. The summed E-state index contributed by atoms with van der Waals surface area (Å²) in [5.74, 6) is 3.78. The maximum absolute atomic E-state index is 13.6. The molecular weight excluding hydrogens is 512 g/mol. The van der Waals surface area contributed by atoms with Gasteiger partial charge >= 0.3 is 0 Å². The molecule has 4 saturated carbocycles. The molecule has 0 radical (unpaired) electrons. The molecule has 39 heavy (non-hydrogen) atoms. The quantitative estimate of drug-likeness (QED) is 0.381. The zero-order valence-corrected chi connectivity index (χ0v) is 23.1. The summed E-state index contributed by atoms with van der Waals surface area (Å²) in [4.78, 5) is 20.4. The van der Waals surface area contributed by atoms with E-state index >= 15 is 0 Å². The highest BCUT2D eigenvalue weighted by Gasteiger charge is 2.57. The fourth-order valence-corrected chi connectivity index (χ4v) is 8.43. The summed E-state index contributed by atoms with van der Waals surface area (Å²) in [7, 11) is 0. The normalized spacial score (nSPS) is 31.3. The summed E-state index contributed by atoms with van der Waals surface area (Å²) >= 11 is 6.69. The average molecular weight is 547 g/mol. The van der Waals surface area contributed by atoms with Crippen molar-refractivity contribution in [1.29, 1.82) is 0 Å². The molecule has 1 N–H and O–H groups in total. The van der Waals surface area contributed by atoms with E-state index in [-0.39, 0.29) is 18.4 Å². The first-order valence-electron chi connectivity index (χ1n) is 14.3. The van der Waals surface area contributed by atoms with Crippen LogP contribution in [-0.4, -0.2) is 39.1 Å². The molecule has 1 amide bonds. The Bertz CT molecular complexity index is 1370. The van der Waals surface area contributed by atoms with E-state index in [9.17, 15) is 9.90 Å². The van der Waals surface area contributed by atoms with Gasteiger partial charge in [0.2, 0.25) is 11.8 Å². The van der Waals surface area contributed by atoms with E-state index in [0.29, 0.717) is 46.9 Å². The fraction of sp³-hybridized carbons (Fsp3) is 0.500. The second-order valence-corrected chi connectivity index (χ2v) is 12.7. The topological polar surface area (TPSA) is 75.8 Å². The molecule has 4 aliphatic carbocycles. The number of benzene rings is 2. The Morgan fingerprint density at radius 2 is 1.90 bits per heavy atom. The van der Waals surface area contributed by atoms with Crippen molar-refractivity contribution in [3.8, 4) is 17.2 Å². The predicted octanol–water partition coefficient (Wildman–Crippen LogP) is 6.21. The lowest BCUT2D eigenvalue weighted by Gasteiger charge is -2.59. The van der Waals surface area contributed by atoms with E-state index in [1.807, 2.05) is 55.5 Å². The summed E-state index contributed by atoms with van der Waals surface area (Å²) < 4.78 is 11.8. The monoisotopic (exact) mass is 546 g/mol. The minimum atomic E-state index is -0.469. The molecule has 2 heterocycles. The summed E-state index contributed by atoms with van der Waals surface area (Å²) in [6.07, 6.45) is 6.56. The van der Waals surface area contributed by atoms with Crippen LogP contribution in [-0.2, 0) is 17.8 Å². The molecule has 8 rings (SSSR count). The van der Waals surface area contributed by atoms with Gasteiger partial charge in [0.05, 0.1) is 5.60 Å². The molecule has 4 bridgehead atoms. The van der Waals surface area contributed by atoms with Gasteiger partial charge in [0.1, 0.15) is 23.8 Å². The highest BCUT2D eigenvalue weighted by Crippen LogP contribution is 2.57. The lowest BCUT2D eigenvalue weighted by atomic mass is 9.52. The highest BCUT2D eigenvalue weighted by molar-refractivity contribution is 6.31. The predicted molar refractivity (Wildman–Crippen MR) is 148 cm³/mol. The second kappa shape index (κ2) is 9.67. The number of carbonyl (C=O) groups excluding carboxylic acids is 1. The Labute approximate surface area is 234 Å². The first-order chi connectivity index (χ1) is 18.8. The van der Waals surface area contributed by atoms with Crippen molar-refractivity contribution in [3.63, 3.8) is 0 Å². The van der Waals surface area contributed by atoms with Crippen LogP contribution in [0, 0.1) is 30.6 Å². The largest absolute Gasteiger partial charge is 0.487 e. The number of oxazole rings is 1. The molecule has 204 valence electrons. The van der Waals surface area contributed by atoms with Crippen molar-refractivity contribution in [2.75, 3.05) is 6.54 Å². The number of hydrogen-bond acceptors (Lipinski definition) is 5. The molecule has 5 fully saturated rings. The Hall–Kier alpha value is -2.83. The van der Waals surface area contributed by atoms with Crippen molar-refractivity contribution in [2.24, 2.45) is 23.7 Å². The van der Waals surface area contributed by atoms with Crippen LogP contribution in [0.25, 0.3) is 11.5 Å². The van der Waals surface area contributed by atoms with Crippen molar-refractivity contribution in [1.82, 2.24) is 9.88 Å². The molecular formula is C32H35ClN2O4. The molecule has 1 saturated heterocycles. The molecule has 3 unspecified atom stereocenters. The van der Waals surface area contributed by atoms with Crippen LogP contribution in [0.5, 0.6) is 5.75 Å². The van der Waals surface area contributed by atoms with Gasteiger partial charge in [0.25, 0.3) is 0 Å². The van der Waals surface area contributed by atoms with Crippen LogP contribution >= 0.6 is 11.6 Å². The Morgan fingerprint density at radius 3 is 2.62 bits per heavy atom. The number of likely N-dealkylation sites (tertiary alicyclic amines) is 1. The highest BCUT2D eigenvalue weighted by atomic mass is 35.5. The number of amides is 1. The third-order valence-electron chi connectivity index (χ3n) is 9.68. The van der Waals surface area contributed by atoms with Gasteiger partial charge in [0.15, 0.2) is 0 Å². The summed E-state index contributed by atoms with van der Waals surface area (Å²) in [5, 5.41) is 11.6. The van der Waals surface area contributed by atoms with Gasteiger partial charge in [-0.2, -0.15) is 0 Å². The van der Waals surface area contributed by atoms with E-state index in [1.165, 1.54) is 12.8 Å². The van der Waals surface area contributed by atoms with E-state index in [2.05, 4.69) is 9.88 Å². The number of rotatable bonds is 7. The number of hydrogen-bond donors (Lipinski definition) is 1. The molecule has 6 nitrogen and oxygen atoms in total. The summed E-state index contributed by atoms with van der Waals surface area (Å²) in [6.45, 7) is 3.00. The molecule has 7 heteroatoms. The van der Waals surface area contributed by atoms with Crippen LogP contribution in [0.15, 0.2) is 52.9 Å². The smallest absolute Gasteiger partial charge is 0.226 e. The number of nitrogens with zero attached hydrogens (tertiary/aromatic N) is 2. The SMILES string of the molecule is Cc1oc(-c2ccccc2)nc1COc1ccc(CC2CCN(C3C4CC5CC3CC(O)(C5)C4)C2=O)c(Cl)c1. The van der Waals surface area contributed by atoms with E-state index in [1.54, 1.807) is 0 Å². The number of halogens is 1. The van der Waals surface area contributed by atoms with Crippen molar-refractivity contribution >= 4 is 17.5 Å². The van der Waals surface area contributed by atoms with Gasteiger partial charge < -0.3 is 19.2 Å². The molecule has 1 aliphatic heterocycles. The van der Waals surface area contributed by atoms with Gasteiger partial charge in [-0.15, -0.1) is 0 Å². The lowest BCUT2D eigenvalue weighted by molar-refractivity contribution is -0.168. The standard InChI is InChI=1S/C32H35ClN2O4/c1-19-28(34-30(39-19)21-5-3-2-4-6-21)18-38-26-8-7-22(27(33)14-26)13-23-9-10-35(31(23)36)29-24-11-20-12-25(29)17-32(37,15-20)16-24/h2-8,14,20,23-25,29,37H,9-13,15-18H2,1H3. The zero-order chi connectivity index (χ0) is 26.7. The van der Waals surface area contributed by atoms with Crippen molar-refractivity contribution in [2.45, 2.75) is 70.1 Å². The number of aryl methyl sites for hydroxylation is 1. The number of carbonyl (C=O) groups is 1. The van der Waals surface area contributed by atoms with Crippen LogP contribution in [0.3, 0.4) is 0 Å². The average Bonchev–Trinajstić information content (AvgIpc) is 3.45. The van der Waals surface area contributed by atoms with E-state index in [4.69, 9.17) is 20.8 Å². The van der Waals surface area contributed by atoms with Crippen LogP contribution in [0.2, 0.25) is 5.02 Å². The van der Waals surface area contributed by atoms with Crippen LogP contribution in [0.1, 0.15) is 55.5 Å². The van der Waals surface area contributed by atoms with E-state index in [0.717, 1.165) is 54.8 Å². The van der Waals surface area contributed by atoms with Crippen LogP contribution in [0.4, 0.5) is 0 Å². The Kier molecular flexibility index (Phi) is 6.24. The van der Waals surface area contributed by atoms with Gasteiger partial charge in [-0.25, -0.2) is 4.98 Å². The second-order valence-electron chi connectivity index (χ2n) is 12.3. The van der Waals surface area contributed by atoms with Gasteiger partial charge in [0, 0.05) is 29.1 Å². The Morgan fingerprint density at radius 1 is 1.13 bits per heavy atom. The zero-order valence-electron chi connectivity index (χ0n) is 22.3. The number of aromatic nitrogens is 1. The first kappa shape index (κ1) is 25.2. The van der Waals surface area contributed by atoms with Gasteiger partial charge in [-0.05, 0) is 99.5 Å². The van der Waals surface area contributed by atoms with Crippen LogP contribution < -0.4 is 4.74 Å². The minimum Gasteiger partial charge on any atom is -0.487 e. The number of aliphatic hydroxyl groups is 1. The summed E-state index contributed by atoms with van der Waals surface area (Å²) in [5.41, 5.74) is 2.19. The molecule has 2 aromatic carbocycles. The lowest BCUT2D eigenvalue weighted by Crippen LogP contribution is -2.62. The van der Waals surface area contributed by atoms with Gasteiger partial charge in [-0.1, -0.05) is 35.9 Å². The third kappa shape index (κ3) is 4.66. The molecule has 3 atom stereocenters. The Balaban J connectivity index is 0.983. The third-order valence-corrected chi connectivity index (χ3v) is 10.0. The van der Waals surface area contributed by atoms with E-state index < -0.39 is 5.60 Å². The van der Waals surface area contributed by atoms with Crippen molar-refractivity contribution < 1.29 is 19.1 Å². The molecule has 1 aromatic heterocycles. The fourth-order valence-electron chi connectivity index (χ4n) is 8.18. The minimum absolute atomic E-state index is 0.0382. The molecule has 0 spiro atoms. The molecule has 3 aromatic rings. The van der Waals surface area contributed by atoms with Crippen molar-refractivity contribution in [3.05, 3.63) is 70.6 Å². The maximum atomic E-state index is 13.6. The van der Waals surface area contributed by atoms with Gasteiger partial charge in [-0.3, -0.25) is 4.79 Å².